The number of nitrogens with zero attached hydrogens (tertiary/aromatic N) is 3. The lowest BCUT2D eigenvalue weighted by Crippen LogP contribution is -2.00. The zero-order valence-corrected chi connectivity index (χ0v) is 27.1. The molecule has 11 rings (SSSR count). The molecule has 0 unspecified atom stereocenters. The van der Waals surface area contributed by atoms with E-state index >= 15 is 0 Å². The molecule has 3 heteroatoms. The first kappa shape index (κ1) is 21.3. The summed E-state index contributed by atoms with van der Waals surface area (Å²) in [5.41, 5.74) is 8.22. The minimum Gasteiger partial charge on any atom is -0.309 e. The van der Waals surface area contributed by atoms with Crippen LogP contribution in [0.3, 0.4) is 0 Å². The molecule has 11 aromatic rings. The van der Waals surface area contributed by atoms with Crippen LogP contribution in [0, 0.1) is 0 Å². The Kier molecular flexibility index (Phi) is 4.52. The van der Waals surface area contributed by atoms with Crippen LogP contribution in [0.15, 0.2) is 188 Å². The van der Waals surface area contributed by atoms with Crippen LogP contribution in [0.4, 0.5) is 0 Å². The second kappa shape index (κ2) is 10.8. The highest BCUT2D eigenvalue weighted by Crippen LogP contribution is 2.39. The van der Waals surface area contributed by atoms with E-state index in [1.807, 2.05) is 54.6 Å². The number of benzene rings is 8. The van der Waals surface area contributed by atoms with Crippen LogP contribution in [0.25, 0.3) is 93.6 Å². The van der Waals surface area contributed by atoms with E-state index in [-0.39, 0.29) is 46.0 Å². The van der Waals surface area contributed by atoms with E-state index < -0.39 is 24.2 Å². The van der Waals surface area contributed by atoms with Gasteiger partial charge in [-0.2, -0.15) is 0 Å². The molecular formula is C48H31N3. The molecule has 0 aliphatic rings. The molecule has 8 aromatic carbocycles. The molecule has 3 nitrogen and oxygen atoms in total. The molecule has 0 aliphatic carbocycles. The van der Waals surface area contributed by atoms with Gasteiger partial charge in [0.15, 0.2) is 0 Å². The van der Waals surface area contributed by atoms with Crippen molar-refractivity contribution >= 4 is 65.4 Å². The third-order valence-corrected chi connectivity index (χ3v) is 10.1. The normalized spacial score (nSPS) is 14.1. The topological polar surface area (TPSA) is 14.8 Å². The molecule has 3 heterocycles. The highest BCUT2D eigenvalue weighted by molar-refractivity contribution is 6.13. The Morgan fingerprint density at radius 2 is 0.745 bits per heavy atom. The Morgan fingerprint density at radius 3 is 1.33 bits per heavy atom. The summed E-state index contributed by atoms with van der Waals surface area (Å²) in [5.74, 6) is 0. The van der Waals surface area contributed by atoms with Crippen LogP contribution >= 0.6 is 0 Å². The van der Waals surface area contributed by atoms with Crippen LogP contribution in [0.1, 0.15) is 11.0 Å². The van der Waals surface area contributed by atoms with E-state index in [4.69, 9.17) is 11.0 Å². The Bertz CT molecular complexity index is 3470. The lowest BCUT2D eigenvalue weighted by atomic mass is 10.0. The van der Waals surface area contributed by atoms with Gasteiger partial charge in [0.25, 0.3) is 0 Å². The standard InChI is InChI=1S/C48H31N3/c1-2-14-32(15-3-1)33-28-35(50-45-23-11-6-18-39(45)40-19-7-12-24-46(40)50)30-36(29-33)51-47-25-13-8-20-41(47)42-31-34(26-27-48(42)51)49-43-21-9-4-16-37(43)38-17-5-10-22-44(38)49/h1-31H/i6D,7D,11D,12D,18D,19D,23D,24D. The molecule has 0 aliphatic heterocycles. The van der Waals surface area contributed by atoms with E-state index in [1.54, 1.807) is 4.57 Å². The average Bonchev–Trinajstić information content (AvgIpc) is 3.93. The first-order chi connectivity index (χ1) is 28.6. The van der Waals surface area contributed by atoms with Gasteiger partial charge in [-0.1, -0.05) is 121 Å². The fourth-order valence-corrected chi connectivity index (χ4v) is 7.91. The summed E-state index contributed by atoms with van der Waals surface area (Å²) >= 11 is 0. The summed E-state index contributed by atoms with van der Waals surface area (Å²) in [4.78, 5) is 0. The maximum absolute atomic E-state index is 9.17. The van der Waals surface area contributed by atoms with E-state index in [9.17, 15) is 0 Å². The fourth-order valence-electron chi connectivity index (χ4n) is 7.91. The minimum absolute atomic E-state index is 0.0408. The molecule has 0 saturated carbocycles. The lowest BCUT2D eigenvalue weighted by Gasteiger charge is -2.16. The van der Waals surface area contributed by atoms with Gasteiger partial charge < -0.3 is 13.7 Å². The van der Waals surface area contributed by atoms with Crippen LogP contribution in [-0.4, -0.2) is 13.7 Å². The van der Waals surface area contributed by atoms with Crippen molar-refractivity contribution in [2.75, 3.05) is 0 Å². The SMILES string of the molecule is [2H]c1c([2H])c([2H])c2c(c1[2H])c1c([2H])c([2H])c([2H])c([2H])c1n2-c1cc(-c2ccccc2)cc(-n2c3ccccc3c3cc(-n4c5ccccc5c5ccccc54)ccc32)c1. The summed E-state index contributed by atoms with van der Waals surface area (Å²) in [6.07, 6.45) is 0. The number of fused-ring (bicyclic) bond motifs is 9. The summed E-state index contributed by atoms with van der Waals surface area (Å²) < 4.78 is 76.8. The summed E-state index contributed by atoms with van der Waals surface area (Å²) in [7, 11) is 0. The first-order valence-electron chi connectivity index (χ1n) is 20.9. The Hall–Kier alpha value is -6.84. The predicted molar refractivity (Wildman–Crippen MR) is 215 cm³/mol. The minimum atomic E-state index is -0.474. The highest BCUT2D eigenvalue weighted by Gasteiger charge is 2.19. The number of para-hydroxylation sites is 5. The summed E-state index contributed by atoms with van der Waals surface area (Å²) in [6.45, 7) is 0. The van der Waals surface area contributed by atoms with Crippen molar-refractivity contribution in [3.8, 4) is 28.2 Å². The van der Waals surface area contributed by atoms with Crippen molar-refractivity contribution in [1.29, 1.82) is 0 Å². The molecule has 238 valence electrons. The number of aromatic nitrogens is 3. The van der Waals surface area contributed by atoms with Crippen molar-refractivity contribution in [3.63, 3.8) is 0 Å². The first-order valence-corrected chi connectivity index (χ1v) is 16.9. The second-order valence-corrected chi connectivity index (χ2v) is 12.8. The van der Waals surface area contributed by atoms with E-state index in [0.29, 0.717) is 5.69 Å². The van der Waals surface area contributed by atoms with Crippen LogP contribution in [-0.2, 0) is 0 Å². The molecule has 0 fully saturated rings. The van der Waals surface area contributed by atoms with Gasteiger partial charge in [-0.05, 0) is 77.8 Å². The van der Waals surface area contributed by atoms with Crippen molar-refractivity contribution in [2.24, 2.45) is 0 Å². The predicted octanol–water partition coefficient (Wildman–Crippen LogP) is 12.6. The molecule has 0 N–H and O–H groups in total. The summed E-state index contributed by atoms with van der Waals surface area (Å²) in [6, 6.07) is 44.1. The maximum Gasteiger partial charge on any atom is 0.0645 e. The van der Waals surface area contributed by atoms with Crippen molar-refractivity contribution in [1.82, 2.24) is 13.7 Å². The zero-order valence-electron chi connectivity index (χ0n) is 35.1. The van der Waals surface area contributed by atoms with Crippen molar-refractivity contribution in [3.05, 3.63) is 188 Å². The molecule has 0 spiro atoms. The average molecular weight is 658 g/mol. The van der Waals surface area contributed by atoms with Gasteiger partial charge in [0.2, 0.25) is 0 Å². The molecule has 0 atom stereocenters. The second-order valence-electron chi connectivity index (χ2n) is 12.8. The third-order valence-electron chi connectivity index (χ3n) is 10.1. The van der Waals surface area contributed by atoms with E-state index in [2.05, 4.69) is 94.1 Å². The Morgan fingerprint density at radius 1 is 0.294 bits per heavy atom. The van der Waals surface area contributed by atoms with Gasteiger partial charge in [0.1, 0.15) is 0 Å². The molecule has 51 heavy (non-hydrogen) atoms. The molecule has 0 amide bonds. The van der Waals surface area contributed by atoms with Crippen LogP contribution in [0.5, 0.6) is 0 Å². The van der Waals surface area contributed by atoms with Crippen molar-refractivity contribution < 1.29 is 11.0 Å². The Labute approximate surface area is 305 Å². The van der Waals surface area contributed by atoms with Gasteiger partial charge >= 0.3 is 0 Å². The van der Waals surface area contributed by atoms with Gasteiger partial charge in [0, 0.05) is 49.4 Å². The van der Waals surface area contributed by atoms with Gasteiger partial charge in [0.05, 0.1) is 44.1 Å². The van der Waals surface area contributed by atoms with Crippen LogP contribution in [0.2, 0.25) is 0 Å². The monoisotopic (exact) mass is 657 g/mol. The zero-order chi connectivity index (χ0) is 40.4. The molecule has 0 bridgehead atoms. The molecular weight excluding hydrogens is 619 g/mol. The molecule has 3 aromatic heterocycles. The highest BCUT2D eigenvalue weighted by atomic mass is 15.0. The molecule has 0 saturated heterocycles. The van der Waals surface area contributed by atoms with E-state index in [0.717, 1.165) is 55.3 Å². The lowest BCUT2D eigenvalue weighted by molar-refractivity contribution is 1.13. The van der Waals surface area contributed by atoms with E-state index in [1.165, 1.54) is 10.8 Å². The smallest absolute Gasteiger partial charge is 0.0645 e. The largest absolute Gasteiger partial charge is 0.309 e. The molecule has 0 radical (unpaired) electrons. The maximum atomic E-state index is 9.17. The van der Waals surface area contributed by atoms with Crippen molar-refractivity contribution in [2.45, 2.75) is 0 Å². The van der Waals surface area contributed by atoms with Gasteiger partial charge in [-0.25, -0.2) is 0 Å². The van der Waals surface area contributed by atoms with Crippen LogP contribution < -0.4 is 0 Å². The van der Waals surface area contributed by atoms with Gasteiger partial charge in [-0.3, -0.25) is 0 Å². The number of hydrogen-bond acceptors (Lipinski definition) is 0. The number of rotatable bonds is 4. The third kappa shape index (κ3) is 4.12. The number of hydrogen-bond donors (Lipinski definition) is 0. The Balaban J connectivity index is 1.25. The fraction of sp³-hybridized carbons (Fsp3) is 0. The quantitative estimate of drug-likeness (QED) is 0.179. The summed E-state index contributed by atoms with van der Waals surface area (Å²) in [5, 5.41) is 4.51. The van der Waals surface area contributed by atoms with Gasteiger partial charge in [-0.15, -0.1) is 0 Å².